The highest BCUT2D eigenvalue weighted by Crippen LogP contribution is 2.35. The smallest absolute Gasteiger partial charge is 0.304 e. The number of aryl methyl sites for hydroxylation is 2. The predicted octanol–water partition coefficient (Wildman–Crippen LogP) is 5.91. The molecule has 0 saturated carbocycles. The van der Waals surface area contributed by atoms with Crippen LogP contribution in [-0.2, 0) is 11.3 Å². The molecular weight excluding hydrogens is 358 g/mol. The summed E-state index contributed by atoms with van der Waals surface area (Å²) in [6.07, 6.45) is 2.21. The Hall–Kier alpha value is -3.33. The summed E-state index contributed by atoms with van der Waals surface area (Å²) < 4.78 is 2.24. The van der Waals surface area contributed by atoms with E-state index >= 15 is 0 Å². The lowest BCUT2D eigenvalue weighted by Gasteiger charge is -2.16. The molecule has 3 nitrogen and oxygen atoms in total. The van der Waals surface area contributed by atoms with Gasteiger partial charge in [0.2, 0.25) is 0 Å². The van der Waals surface area contributed by atoms with Gasteiger partial charge in [-0.05, 0) is 36.6 Å². The molecule has 3 heteroatoms. The number of hydrogen-bond donors (Lipinski definition) is 1. The third kappa shape index (κ3) is 4.09. The summed E-state index contributed by atoms with van der Waals surface area (Å²) in [4.78, 5) is 11.7. The molecule has 1 aromatic heterocycles. The molecule has 0 amide bonds. The molecule has 0 aliphatic carbocycles. The van der Waals surface area contributed by atoms with Crippen molar-refractivity contribution in [3.05, 3.63) is 107 Å². The molecule has 0 aliphatic heterocycles. The lowest BCUT2D eigenvalue weighted by Crippen LogP contribution is -2.08. The fraction of sp³-hybridized carbons (Fsp3) is 0.192. The van der Waals surface area contributed by atoms with Crippen LogP contribution in [0.1, 0.15) is 40.2 Å². The van der Waals surface area contributed by atoms with Gasteiger partial charge in [-0.2, -0.15) is 0 Å². The topological polar surface area (TPSA) is 42.2 Å². The number of carbonyl (C=O) groups is 1. The first kappa shape index (κ1) is 19.0. The number of nitrogens with zero attached hydrogens (tertiary/aromatic N) is 1. The molecule has 1 heterocycles. The molecule has 4 rings (SSSR count). The number of rotatable bonds is 6. The minimum Gasteiger partial charge on any atom is -0.481 e. The fourth-order valence-corrected chi connectivity index (χ4v) is 4.04. The van der Waals surface area contributed by atoms with Crippen LogP contribution in [0.2, 0.25) is 0 Å². The summed E-state index contributed by atoms with van der Waals surface area (Å²) in [6.45, 7) is 4.89. The number of fused-ring (bicyclic) bond motifs is 1. The highest BCUT2D eigenvalue weighted by molar-refractivity contribution is 5.86. The maximum absolute atomic E-state index is 11.7. The lowest BCUT2D eigenvalue weighted by molar-refractivity contribution is -0.137. The summed E-state index contributed by atoms with van der Waals surface area (Å²) in [5.41, 5.74) is 6.86. The van der Waals surface area contributed by atoms with E-state index < -0.39 is 5.97 Å². The summed E-state index contributed by atoms with van der Waals surface area (Å²) >= 11 is 0. The molecule has 4 aromatic rings. The van der Waals surface area contributed by atoms with Gasteiger partial charge in [-0.25, -0.2) is 0 Å². The zero-order valence-corrected chi connectivity index (χ0v) is 16.8. The van der Waals surface area contributed by atoms with E-state index in [9.17, 15) is 9.90 Å². The van der Waals surface area contributed by atoms with E-state index in [0.717, 1.165) is 34.1 Å². The monoisotopic (exact) mass is 383 g/mol. The van der Waals surface area contributed by atoms with Crippen LogP contribution in [0, 0.1) is 13.8 Å². The normalized spacial score (nSPS) is 12.2. The van der Waals surface area contributed by atoms with Gasteiger partial charge in [-0.3, -0.25) is 4.79 Å². The third-order valence-electron chi connectivity index (χ3n) is 5.49. The second-order valence-electron chi connectivity index (χ2n) is 7.78. The molecule has 0 bridgehead atoms. The SMILES string of the molecule is Cc1ccc(Cn2cc(C(CC(=O)O)c3cccc(C)c3)c3ccccc32)cc1. The van der Waals surface area contributed by atoms with Crippen molar-refractivity contribution in [1.82, 2.24) is 4.57 Å². The van der Waals surface area contributed by atoms with E-state index in [1.165, 1.54) is 11.1 Å². The van der Waals surface area contributed by atoms with Crippen LogP contribution in [0.5, 0.6) is 0 Å². The van der Waals surface area contributed by atoms with Gasteiger partial charge in [0.25, 0.3) is 0 Å². The van der Waals surface area contributed by atoms with Crippen molar-refractivity contribution in [3.63, 3.8) is 0 Å². The highest BCUT2D eigenvalue weighted by atomic mass is 16.4. The number of aromatic nitrogens is 1. The zero-order valence-electron chi connectivity index (χ0n) is 16.8. The molecule has 1 unspecified atom stereocenters. The van der Waals surface area contributed by atoms with Crippen molar-refractivity contribution in [3.8, 4) is 0 Å². The minimum absolute atomic E-state index is 0.0714. The summed E-state index contributed by atoms with van der Waals surface area (Å²) in [6, 6.07) is 25.0. The average Bonchev–Trinajstić information content (AvgIpc) is 3.06. The van der Waals surface area contributed by atoms with Gasteiger partial charge in [-0.15, -0.1) is 0 Å². The van der Waals surface area contributed by atoms with Crippen molar-refractivity contribution in [1.29, 1.82) is 0 Å². The Balaban J connectivity index is 1.83. The number of benzene rings is 3. The Morgan fingerprint density at radius 2 is 1.69 bits per heavy atom. The van der Waals surface area contributed by atoms with Gasteiger partial charge in [0.15, 0.2) is 0 Å². The first-order valence-corrected chi connectivity index (χ1v) is 9.93. The molecule has 1 atom stereocenters. The largest absolute Gasteiger partial charge is 0.481 e. The third-order valence-corrected chi connectivity index (χ3v) is 5.49. The molecular formula is C26H25NO2. The maximum Gasteiger partial charge on any atom is 0.304 e. The Morgan fingerprint density at radius 3 is 2.41 bits per heavy atom. The molecule has 29 heavy (non-hydrogen) atoms. The number of para-hydroxylation sites is 1. The molecule has 0 spiro atoms. The van der Waals surface area contributed by atoms with Crippen LogP contribution in [0.25, 0.3) is 10.9 Å². The molecule has 3 aromatic carbocycles. The van der Waals surface area contributed by atoms with Gasteiger partial charge in [0.1, 0.15) is 0 Å². The van der Waals surface area contributed by atoms with Crippen LogP contribution < -0.4 is 0 Å². The van der Waals surface area contributed by atoms with Crippen molar-refractivity contribution >= 4 is 16.9 Å². The van der Waals surface area contributed by atoms with Gasteiger partial charge in [-0.1, -0.05) is 77.9 Å². The number of aliphatic carboxylic acids is 1. The van der Waals surface area contributed by atoms with E-state index in [-0.39, 0.29) is 12.3 Å². The van der Waals surface area contributed by atoms with E-state index in [1.54, 1.807) is 0 Å². The Labute approximate surface area is 171 Å². The standard InChI is InChI=1S/C26H25NO2/c1-18-10-12-20(13-11-18)16-27-17-24(22-8-3-4-9-25(22)27)23(15-26(28)29)21-7-5-6-19(2)14-21/h3-14,17,23H,15-16H2,1-2H3,(H,28,29). The lowest BCUT2D eigenvalue weighted by atomic mass is 9.87. The summed E-state index contributed by atoms with van der Waals surface area (Å²) in [7, 11) is 0. The van der Waals surface area contributed by atoms with E-state index in [4.69, 9.17) is 0 Å². The predicted molar refractivity (Wildman–Crippen MR) is 117 cm³/mol. The van der Waals surface area contributed by atoms with Gasteiger partial charge in [0, 0.05) is 29.6 Å². The van der Waals surface area contributed by atoms with Crippen molar-refractivity contribution in [2.24, 2.45) is 0 Å². The number of carboxylic acid groups (broad SMARTS) is 1. The average molecular weight is 383 g/mol. The van der Waals surface area contributed by atoms with E-state index in [2.05, 4.69) is 60.2 Å². The second kappa shape index (κ2) is 7.96. The van der Waals surface area contributed by atoms with Crippen molar-refractivity contribution in [2.75, 3.05) is 0 Å². The Kier molecular flexibility index (Phi) is 5.22. The zero-order chi connectivity index (χ0) is 20.4. The highest BCUT2D eigenvalue weighted by Gasteiger charge is 2.22. The number of carboxylic acids is 1. The Bertz CT molecular complexity index is 1160. The summed E-state index contributed by atoms with van der Waals surface area (Å²) in [5.74, 6) is -0.969. The number of hydrogen-bond acceptors (Lipinski definition) is 1. The first-order valence-electron chi connectivity index (χ1n) is 9.93. The molecule has 0 aliphatic rings. The Morgan fingerprint density at radius 1 is 0.931 bits per heavy atom. The summed E-state index contributed by atoms with van der Waals surface area (Å²) in [5, 5.41) is 10.7. The van der Waals surface area contributed by atoms with Crippen LogP contribution in [0.15, 0.2) is 79.0 Å². The van der Waals surface area contributed by atoms with Gasteiger partial charge in [0.05, 0.1) is 6.42 Å². The molecule has 0 fully saturated rings. The molecule has 1 N–H and O–H groups in total. The van der Waals surface area contributed by atoms with E-state index in [1.807, 2.05) is 37.3 Å². The second-order valence-corrected chi connectivity index (χ2v) is 7.78. The van der Waals surface area contributed by atoms with Crippen molar-refractivity contribution < 1.29 is 9.90 Å². The minimum atomic E-state index is -0.785. The van der Waals surface area contributed by atoms with E-state index in [0.29, 0.717) is 0 Å². The van der Waals surface area contributed by atoms with Gasteiger partial charge >= 0.3 is 5.97 Å². The quantitative estimate of drug-likeness (QED) is 0.449. The molecule has 0 saturated heterocycles. The van der Waals surface area contributed by atoms with Crippen molar-refractivity contribution in [2.45, 2.75) is 32.7 Å². The van der Waals surface area contributed by atoms with Crippen LogP contribution in [-0.4, -0.2) is 15.6 Å². The first-order chi connectivity index (χ1) is 14.0. The fourth-order valence-electron chi connectivity index (χ4n) is 4.04. The van der Waals surface area contributed by atoms with Gasteiger partial charge < -0.3 is 9.67 Å². The van der Waals surface area contributed by atoms with Crippen LogP contribution >= 0.6 is 0 Å². The maximum atomic E-state index is 11.7. The van der Waals surface area contributed by atoms with Crippen LogP contribution in [0.3, 0.4) is 0 Å². The molecule has 0 radical (unpaired) electrons. The molecule has 146 valence electrons. The van der Waals surface area contributed by atoms with Crippen LogP contribution in [0.4, 0.5) is 0 Å².